The number of amides is 1. The number of nitrogens with one attached hydrogen (secondary N) is 2. The molecule has 0 unspecified atom stereocenters. The van der Waals surface area contributed by atoms with E-state index < -0.39 is 12.8 Å². The molecule has 0 aliphatic carbocycles. The number of ether oxygens (including phenoxy) is 1. The third kappa shape index (κ3) is 11.3. The molecule has 0 aromatic heterocycles. The Kier molecular flexibility index (Phi) is 12.9. The van der Waals surface area contributed by atoms with Gasteiger partial charge >= 0.3 is 6.18 Å². The molecule has 1 fully saturated rings. The third-order valence-corrected chi connectivity index (χ3v) is 4.86. The van der Waals surface area contributed by atoms with E-state index in [4.69, 9.17) is 0 Å². The second-order valence-electron chi connectivity index (χ2n) is 7.39. The molecule has 7 nitrogen and oxygen atoms in total. The van der Waals surface area contributed by atoms with E-state index in [1.165, 1.54) is 0 Å². The van der Waals surface area contributed by atoms with Gasteiger partial charge in [-0.05, 0) is 18.1 Å². The Morgan fingerprint density at radius 1 is 1.09 bits per heavy atom. The van der Waals surface area contributed by atoms with Gasteiger partial charge in [0.1, 0.15) is 6.61 Å². The van der Waals surface area contributed by atoms with Gasteiger partial charge < -0.3 is 20.3 Å². The number of halogens is 4. The molecule has 0 radical (unpaired) electrons. The first kappa shape index (κ1) is 28.4. The lowest BCUT2D eigenvalue weighted by atomic mass is 10.1. The van der Waals surface area contributed by atoms with E-state index >= 15 is 0 Å². The average Bonchev–Trinajstić information content (AvgIpc) is 2.72. The maximum atomic E-state index is 12.1. The topological polar surface area (TPSA) is 69.2 Å². The van der Waals surface area contributed by atoms with E-state index in [0.29, 0.717) is 18.1 Å². The Balaban J connectivity index is 0.00000512. The summed E-state index contributed by atoms with van der Waals surface area (Å²) in [6.45, 7) is 8.33. The van der Waals surface area contributed by atoms with Crippen molar-refractivity contribution in [1.29, 1.82) is 0 Å². The van der Waals surface area contributed by atoms with Crippen molar-refractivity contribution >= 4 is 35.8 Å². The van der Waals surface area contributed by atoms with Gasteiger partial charge in [-0.25, -0.2) is 4.99 Å². The summed E-state index contributed by atoms with van der Waals surface area (Å²) in [7, 11) is 0. The van der Waals surface area contributed by atoms with Gasteiger partial charge in [0.25, 0.3) is 0 Å². The zero-order chi connectivity index (χ0) is 22.7. The third-order valence-electron chi connectivity index (χ3n) is 4.86. The summed E-state index contributed by atoms with van der Waals surface area (Å²) in [5.41, 5.74) is 1.64. The molecule has 0 spiro atoms. The predicted octanol–water partition coefficient (Wildman–Crippen LogP) is 2.60. The van der Waals surface area contributed by atoms with Crippen LogP contribution in [0.4, 0.5) is 13.2 Å². The fourth-order valence-corrected chi connectivity index (χ4v) is 3.16. The van der Waals surface area contributed by atoms with Crippen molar-refractivity contribution in [2.24, 2.45) is 4.99 Å². The molecule has 1 aromatic rings. The average molecular weight is 571 g/mol. The van der Waals surface area contributed by atoms with Crippen LogP contribution in [0.3, 0.4) is 0 Å². The van der Waals surface area contributed by atoms with Crippen LogP contribution in [0.5, 0.6) is 0 Å². The number of nitrogens with zero attached hydrogens (tertiary/aromatic N) is 3. The molecule has 1 aliphatic rings. The molecular formula is C21H33F3IN5O2. The summed E-state index contributed by atoms with van der Waals surface area (Å²) in [6.07, 6.45) is -4.31. The van der Waals surface area contributed by atoms with Crippen LogP contribution in [-0.4, -0.2) is 80.3 Å². The highest BCUT2D eigenvalue weighted by atomic mass is 127. The lowest BCUT2D eigenvalue weighted by Crippen LogP contribution is -2.50. The van der Waals surface area contributed by atoms with Crippen molar-refractivity contribution in [3.05, 3.63) is 35.4 Å². The van der Waals surface area contributed by atoms with E-state index in [2.05, 4.69) is 25.3 Å². The predicted molar refractivity (Wildman–Crippen MR) is 129 cm³/mol. The van der Waals surface area contributed by atoms with Gasteiger partial charge in [0, 0.05) is 52.7 Å². The summed E-state index contributed by atoms with van der Waals surface area (Å²) in [5.74, 6) is 0.837. The Morgan fingerprint density at radius 2 is 1.72 bits per heavy atom. The minimum atomic E-state index is -4.31. The highest BCUT2D eigenvalue weighted by Crippen LogP contribution is 2.16. The normalized spacial score (nSPS) is 15.3. The van der Waals surface area contributed by atoms with Crippen LogP contribution in [0.2, 0.25) is 0 Å². The molecule has 1 aromatic carbocycles. The molecule has 1 saturated heterocycles. The zero-order valence-corrected chi connectivity index (χ0v) is 20.9. The van der Waals surface area contributed by atoms with Crippen molar-refractivity contribution in [1.82, 2.24) is 20.4 Å². The molecule has 11 heteroatoms. The summed E-state index contributed by atoms with van der Waals surface area (Å²) >= 11 is 0. The second-order valence-corrected chi connectivity index (χ2v) is 7.39. The minimum absolute atomic E-state index is 0. The highest BCUT2D eigenvalue weighted by Gasteiger charge is 2.27. The molecule has 0 atom stereocenters. The van der Waals surface area contributed by atoms with Crippen LogP contribution in [0.1, 0.15) is 25.0 Å². The molecule has 182 valence electrons. The SMILES string of the molecule is CCNC(=NCc1ccc(COCC(F)(F)F)cc1)NCCN1CCN(C(C)=O)CC1.I. The molecule has 2 N–H and O–H groups in total. The maximum Gasteiger partial charge on any atom is 0.411 e. The molecule has 0 saturated carbocycles. The monoisotopic (exact) mass is 571 g/mol. The first-order valence-corrected chi connectivity index (χ1v) is 10.5. The van der Waals surface area contributed by atoms with Crippen molar-refractivity contribution < 1.29 is 22.7 Å². The van der Waals surface area contributed by atoms with Gasteiger partial charge in [-0.2, -0.15) is 13.2 Å². The molecule has 32 heavy (non-hydrogen) atoms. The quantitative estimate of drug-likeness (QED) is 0.271. The minimum Gasteiger partial charge on any atom is -0.367 e. The number of hydrogen-bond donors (Lipinski definition) is 2. The van der Waals surface area contributed by atoms with Gasteiger partial charge in [0.2, 0.25) is 5.91 Å². The lowest BCUT2D eigenvalue weighted by Gasteiger charge is -2.34. The number of carbonyl (C=O) groups excluding carboxylic acids is 1. The largest absolute Gasteiger partial charge is 0.411 e. The van der Waals surface area contributed by atoms with Gasteiger partial charge in [-0.3, -0.25) is 9.69 Å². The summed E-state index contributed by atoms with van der Waals surface area (Å²) in [6, 6.07) is 7.19. The Bertz CT molecular complexity index is 708. The van der Waals surface area contributed by atoms with Crippen LogP contribution >= 0.6 is 24.0 Å². The molecular weight excluding hydrogens is 538 g/mol. The molecule has 2 rings (SSSR count). The molecule has 1 heterocycles. The smallest absolute Gasteiger partial charge is 0.367 e. The van der Waals surface area contributed by atoms with Crippen molar-refractivity contribution in [3.8, 4) is 0 Å². The van der Waals surface area contributed by atoms with Crippen molar-refractivity contribution in [2.45, 2.75) is 33.2 Å². The summed E-state index contributed by atoms with van der Waals surface area (Å²) in [4.78, 5) is 20.1. The fourth-order valence-electron chi connectivity index (χ4n) is 3.16. The van der Waals surface area contributed by atoms with Gasteiger partial charge in [0.15, 0.2) is 5.96 Å². The zero-order valence-electron chi connectivity index (χ0n) is 18.6. The standard InChI is InChI=1S/C21H32F3N5O2.HI/c1-3-25-20(26-8-9-28-10-12-29(13-11-28)17(2)30)27-14-18-4-6-19(7-5-18)15-31-16-21(22,23)24;/h4-7H,3,8-16H2,1-2H3,(H2,25,26,27);1H. The molecule has 0 bridgehead atoms. The maximum absolute atomic E-state index is 12.1. The van der Waals surface area contributed by atoms with E-state index in [1.807, 2.05) is 24.0 Å². The number of guanidine groups is 1. The molecule has 1 amide bonds. The van der Waals surface area contributed by atoms with E-state index in [9.17, 15) is 18.0 Å². The van der Waals surface area contributed by atoms with E-state index in [-0.39, 0.29) is 36.5 Å². The number of alkyl halides is 3. The van der Waals surface area contributed by atoms with Crippen LogP contribution in [0.25, 0.3) is 0 Å². The number of carbonyl (C=O) groups is 1. The van der Waals surface area contributed by atoms with Crippen LogP contribution in [0.15, 0.2) is 29.3 Å². The summed E-state index contributed by atoms with van der Waals surface area (Å²) in [5, 5.41) is 6.52. The molecule has 1 aliphatic heterocycles. The Morgan fingerprint density at radius 3 is 2.28 bits per heavy atom. The Hall–Kier alpha value is -1.60. The lowest BCUT2D eigenvalue weighted by molar-refractivity contribution is -0.176. The highest BCUT2D eigenvalue weighted by molar-refractivity contribution is 14.0. The number of piperazine rings is 1. The second kappa shape index (κ2) is 14.5. The first-order chi connectivity index (χ1) is 14.8. The van der Waals surface area contributed by atoms with Gasteiger partial charge in [0.05, 0.1) is 13.2 Å². The number of aliphatic imine (C=N–C) groups is 1. The summed E-state index contributed by atoms with van der Waals surface area (Å²) < 4.78 is 41.1. The Labute approximate surface area is 204 Å². The van der Waals surface area contributed by atoms with Crippen LogP contribution in [0, 0.1) is 0 Å². The van der Waals surface area contributed by atoms with Gasteiger partial charge in [-0.15, -0.1) is 24.0 Å². The van der Waals surface area contributed by atoms with E-state index in [0.717, 1.165) is 51.4 Å². The van der Waals surface area contributed by atoms with E-state index in [1.54, 1.807) is 19.1 Å². The van der Waals surface area contributed by atoms with Crippen LogP contribution in [-0.2, 0) is 22.7 Å². The first-order valence-electron chi connectivity index (χ1n) is 10.5. The van der Waals surface area contributed by atoms with Gasteiger partial charge in [-0.1, -0.05) is 24.3 Å². The number of hydrogen-bond acceptors (Lipinski definition) is 4. The number of rotatable bonds is 9. The van der Waals surface area contributed by atoms with Crippen molar-refractivity contribution in [3.63, 3.8) is 0 Å². The van der Waals surface area contributed by atoms with Crippen LogP contribution < -0.4 is 10.6 Å². The van der Waals surface area contributed by atoms with Crippen molar-refractivity contribution in [2.75, 3.05) is 52.4 Å². The number of benzene rings is 1. The fraction of sp³-hybridized carbons (Fsp3) is 0.619.